The molecule has 4 nitrogen and oxygen atoms in total. The second-order valence-electron chi connectivity index (χ2n) is 6.90. The third kappa shape index (κ3) is 3.76. The van der Waals surface area contributed by atoms with E-state index in [9.17, 15) is 9.59 Å². The van der Waals surface area contributed by atoms with E-state index in [2.05, 4.69) is 23.2 Å². The predicted molar refractivity (Wildman–Crippen MR) is 114 cm³/mol. The van der Waals surface area contributed by atoms with Crippen LogP contribution in [-0.4, -0.2) is 23.3 Å². The van der Waals surface area contributed by atoms with E-state index in [1.54, 1.807) is 6.92 Å². The first-order valence-electron chi connectivity index (χ1n) is 9.52. The summed E-state index contributed by atoms with van der Waals surface area (Å²) < 4.78 is 4.91. The molecule has 1 heterocycles. The van der Waals surface area contributed by atoms with Gasteiger partial charge in [-0.25, -0.2) is 4.79 Å². The van der Waals surface area contributed by atoms with Crippen LogP contribution in [0.15, 0.2) is 60.8 Å². The van der Waals surface area contributed by atoms with Crippen molar-refractivity contribution in [3.8, 4) is 0 Å². The van der Waals surface area contributed by atoms with E-state index < -0.39 is 11.8 Å². The molecule has 3 aromatic rings. The van der Waals surface area contributed by atoms with Crippen LogP contribution < -0.4 is 0 Å². The number of carbonyl (C=O) groups excluding carboxylic acids is 2. The summed E-state index contributed by atoms with van der Waals surface area (Å²) in [7, 11) is 0. The number of nitrogens with one attached hydrogen (secondary N) is 1. The molecule has 29 heavy (non-hydrogen) atoms. The maximum atomic E-state index is 12.6. The minimum atomic E-state index is -0.801. The van der Waals surface area contributed by atoms with Crippen molar-refractivity contribution in [3.63, 3.8) is 0 Å². The van der Waals surface area contributed by atoms with Crippen LogP contribution in [0.25, 0.3) is 11.6 Å². The first-order chi connectivity index (χ1) is 14.1. The highest BCUT2D eigenvalue weighted by atomic mass is 35.5. The van der Waals surface area contributed by atoms with Crippen molar-refractivity contribution in [2.24, 2.45) is 0 Å². The van der Waals surface area contributed by atoms with Gasteiger partial charge < -0.3 is 9.72 Å². The molecule has 4 rings (SSSR count). The van der Waals surface area contributed by atoms with Gasteiger partial charge >= 0.3 is 5.97 Å². The third-order valence-corrected chi connectivity index (χ3v) is 5.35. The van der Waals surface area contributed by atoms with Gasteiger partial charge in [0, 0.05) is 34.8 Å². The number of H-pyrrole nitrogens is 1. The Hall–Kier alpha value is -3.11. The number of halogens is 1. The molecule has 2 aromatic carbocycles. The van der Waals surface area contributed by atoms with Crippen molar-refractivity contribution >= 4 is 35.0 Å². The number of Topliss-reactive ketones (excluding diaryl/α,β-unsaturated/α-hetero) is 1. The number of carbonyl (C=O) groups is 2. The molecule has 0 saturated carbocycles. The van der Waals surface area contributed by atoms with Crippen molar-refractivity contribution in [3.05, 3.63) is 93.8 Å². The average molecular weight is 406 g/mol. The zero-order chi connectivity index (χ0) is 20.4. The van der Waals surface area contributed by atoms with E-state index in [-0.39, 0.29) is 18.9 Å². The second kappa shape index (κ2) is 8.10. The molecule has 0 saturated heterocycles. The SMILES string of the molecule is CCOC(=O)C(=O)C[C@H]1c2cc(Cl)ccc2C=C(c2ccccc2)c2cc[nH]c21. The molecule has 1 aliphatic carbocycles. The van der Waals surface area contributed by atoms with Crippen molar-refractivity contribution in [1.82, 2.24) is 4.98 Å². The van der Waals surface area contributed by atoms with Crippen LogP contribution in [0.1, 0.15) is 47.2 Å². The molecule has 1 aliphatic rings. The minimum Gasteiger partial charge on any atom is -0.460 e. The Bertz CT molecular complexity index is 1100. The van der Waals surface area contributed by atoms with E-state index in [1.165, 1.54) is 0 Å². The number of benzene rings is 2. The lowest BCUT2D eigenvalue weighted by molar-refractivity contribution is -0.153. The molecule has 0 aliphatic heterocycles. The first kappa shape index (κ1) is 19.2. The summed E-state index contributed by atoms with van der Waals surface area (Å²) in [4.78, 5) is 27.8. The maximum absolute atomic E-state index is 12.6. The van der Waals surface area contributed by atoms with Crippen LogP contribution >= 0.6 is 11.6 Å². The largest absolute Gasteiger partial charge is 0.460 e. The van der Waals surface area contributed by atoms with E-state index >= 15 is 0 Å². The van der Waals surface area contributed by atoms with Gasteiger partial charge in [-0.15, -0.1) is 0 Å². The van der Waals surface area contributed by atoms with Gasteiger partial charge in [-0.2, -0.15) is 0 Å². The number of fused-ring (bicyclic) bond motifs is 2. The van der Waals surface area contributed by atoms with Gasteiger partial charge in [0.25, 0.3) is 0 Å². The molecule has 5 heteroatoms. The summed E-state index contributed by atoms with van der Waals surface area (Å²) in [6.45, 7) is 1.86. The molecule has 0 fully saturated rings. The highest BCUT2D eigenvalue weighted by Crippen LogP contribution is 2.42. The molecule has 0 bridgehead atoms. The molecule has 0 amide bonds. The van der Waals surface area contributed by atoms with Crippen LogP contribution in [0.5, 0.6) is 0 Å². The third-order valence-electron chi connectivity index (χ3n) is 5.12. The summed E-state index contributed by atoms with van der Waals surface area (Å²) >= 11 is 6.29. The van der Waals surface area contributed by atoms with E-state index in [1.807, 2.05) is 48.7 Å². The normalized spacial score (nSPS) is 15.0. The van der Waals surface area contributed by atoms with Gasteiger partial charge in [0.05, 0.1) is 6.61 Å². The topological polar surface area (TPSA) is 59.2 Å². The Morgan fingerprint density at radius 3 is 2.66 bits per heavy atom. The Morgan fingerprint density at radius 1 is 1.10 bits per heavy atom. The van der Waals surface area contributed by atoms with E-state index in [0.717, 1.165) is 33.5 Å². The molecule has 1 atom stereocenters. The fourth-order valence-corrected chi connectivity index (χ4v) is 4.00. The standard InChI is InChI=1S/C24H20ClNO3/c1-2-29-24(28)22(27)14-21-20-13-17(25)9-8-16(20)12-19(15-6-4-3-5-7-15)18-10-11-26-23(18)21/h3-13,21,26H,2,14H2,1H3/t21-/m0/s1. The lowest BCUT2D eigenvalue weighted by atomic mass is 9.87. The van der Waals surface area contributed by atoms with Crippen LogP contribution in [0.3, 0.4) is 0 Å². The quantitative estimate of drug-likeness (QED) is 0.467. The molecule has 1 aromatic heterocycles. The van der Waals surface area contributed by atoms with E-state index in [4.69, 9.17) is 16.3 Å². The summed E-state index contributed by atoms with van der Waals surface area (Å²) in [6, 6.07) is 17.8. The molecule has 0 spiro atoms. The van der Waals surface area contributed by atoms with Gasteiger partial charge in [-0.3, -0.25) is 4.79 Å². The molecule has 1 N–H and O–H groups in total. The summed E-state index contributed by atoms with van der Waals surface area (Å²) in [6.07, 6.45) is 3.98. The summed E-state index contributed by atoms with van der Waals surface area (Å²) in [5, 5.41) is 0.585. The number of aromatic nitrogens is 1. The van der Waals surface area contributed by atoms with E-state index in [0.29, 0.717) is 5.02 Å². The van der Waals surface area contributed by atoms with Gasteiger partial charge in [0.15, 0.2) is 0 Å². The predicted octanol–water partition coefficient (Wildman–Crippen LogP) is 5.22. The number of rotatable bonds is 5. The van der Waals surface area contributed by atoms with Gasteiger partial charge in [0.1, 0.15) is 0 Å². The molecule has 0 radical (unpaired) electrons. The number of ether oxygens (including phenoxy) is 1. The Morgan fingerprint density at radius 2 is 1.90 bits per heavy atom. The number of hydrogen-bond acceptors (Lipinski definition) is 3. The molecular formula is C24H20ClNO3. The zero-order valence-corrected chi connectivity index (χ0v) is 16.7. The lowest BCUT2D eigenvalue weighted by Crippen LogP contribution is -2.21. The van der Waals surface area contributed by atoms with Crippen molar-refractivity contribution < 1.29 is 14.3 Å². The Kier molecular flexibility index (Phi) is 5.36. The fraction of sp³-hybridized carbons (Fsp3) is 0.167. The minimum absolute atomic E-state index is 0.00952. The highest BCUT2D eigenvalue weighted by Gasteiger charge is 2.30. The number of aromatic amines is 1. The monoisotopic (exact) mass is 405 g/mol. The smallest absolute Gasteiger partial charge is 0.374 e. The van der Waals surface area contributed by atoms with Gasteiger partial charge in [-0.05, 0) is 53.5 Å². The lowest BCUT2D eigenvalue weighted by Gasteiger charge is -2.18. The van der Waals surface area contributed by atoms with Crippen LogP contribution in [-0.2, 0) is 14.3 Å². The molecular weight excluding hydrogens is 386 g/mol. The summed E-state index contributed by atoms with van der Waals surface area (Å²) in [5.41, 5.74) is 5.90. The van der Waals surface area contributed by atoms with Crippen LogP contribution in [0.2, 0.25) is 5.02 Å². The van der Waals surface area contributed by atoms with Crippen molar-refractivity contribution in [2.75, 3.05) is 6.61 Å². The van der Waals surface area contributed by atoms with Crippen LogP contribution in [0.4, 0.5) is 0 Å². The second-order valence-corrected chi connectivity index (χ2v) is 7.34. The number of hydrogen-bond donors (Lipinski definition) is 1. The fourth-order valence-electron chi connectivity index (χ4n) is 3.82. The van der Waals surface area contributed by atoms with Gasteiger partial charge in [-0.1, -0.05) is 48.0 Å². The van der Waals surface area contributed by atoms with Gasteiger partial charge in [0.2, 0.25) is 5.78 Å². The highest BCUT2D eigenvalue weighted by molar-refractivity contribution is 6.34. The first-order valence-corrected chi connectivity index (χ1v) is 9.90. The average Bonchev–Trinajstić information content (AvgIpc) is 3.16. The van der Waals surface area contributed by atoms with Crippen molar-refractivity contribution in [2.45, 2.75) is 19.3 Å². The van der Waals surface area contributed by atoms with Crippen molar-refractivity contribution in [1.29, 1.82) is 0 Å². The summed E-state index contributed by atoms with van der Waals surface area (Å²) in [5.74, 6) is -1.68. The number of ketones is 1. The van der Waals surface area contributed by atoms with Crippen LogP contribution in [0, 0.1) is 0 Å². The Labute approximate surface area is 174 Å². The zero-order valence-electron chi connectivity index (χ0n) is 15.9. The Balaban J connectivity index is 1.86. The molecule has 146 valence electrons. The maximum Gasteiger partial charge on any atom is 0.374 e. The molecule has 0 unspecified atom stereocenters. The number of esters is 1.